The lowest BCUT2D eigenvalue weighted by Gasteiger charge is -2.21. The maximum Gasteiger partial charge on any atom is 0.314 e. The molecular formula is C13H17NO4. The van der Waals surface area contributed by atoms with Crippen molar-refractivity contribution in [3.63, 3.8) is 0 Å². The Morgan fingerprint density at radius 1 is 1.33 bits per heavy atom. The second-order valence-electron chi connectivity index (χ2n) is 4.56. The Labute approximate surface area is 106 Å². The van der Waals surface area contributed by atoms with Crippen LogP contribution in [0, 0.1) is 5.41 Å². The fourth-order valence-electron chi connectivity index (χ4n) is 1.34. The van der Waals surface area contributed by atoms with Gasteiger partial charge < -0.3 is 15.2 Å². The second kappa shape index (κ2) is 5.53. The monoisotopic (exact) mass is 251 g/mol. The van der Waals surface area contributed by atoms with Crippen molar-refractivity contribution in [1.82, 2.24) is 0 Å². The first-order valence-electron chi connectivity index (χ1n) is 5.48. The third-order valence-electron chi connectivity index (χ3n) is 2.46. The number of primary amides is 1. The first-order chi connectivity index (χ1) is 8.36. The smallest absolute Gasteiger partial charge is 0.314 e. The molecule has 0 aromatic heterocycles. The van der Waals surface area contributed by atoms with Gasteiger partial charge in [0.15, 0.2) is 0 Å². The van der Waals surface area contributed by atoms with Crippen LogP contribution < -0.4 is 10.5 Å². The number of carbonyl (C=O) groups excluding carboxylic acids is 2. The Bertz CT molecular complexity index is 454. The van der Waals surface area contributed by atoms with E-state index in [1.54, 1.807) is 32.0 Å². The maximum absolute atomic E-state index is 11.5. The van der Waals surface area contributed by atoms with Gasteiger partial charge in [0.1, 0.15) is 12.4 Å². The number of hydrogen-bond acceptors (Lipinski definition) is 4. The van der Waals surface area contributed by atoms with Gasteiger partial charge in [0.2, 0.25) is 5.91 Å². The molecule has 0 fully saturated rings. The zero-order valence-electron chi connectivity index (χ0n) is 10.7. The molecule has 0 aliphatic heterocycles. The molecule has 1 amide bonds. The highest BCUT2D eigenvalue weighted by atomic mass is 16.5. The Morgan fingerprint density at radius 3 is 2.56 bits per heavy atom. The Balaban J connectivity index is 2.72. The summed E-state index contributed by atoms with van der Waals surface area (Å²) in [4.78, 5) is 22.5. The Kier molecular flexibility index (Phi) is 4.31. The summed E-state index contributed by atoms with van der Waals surface area (Å²) in [6.45, 7) is 3.59. The van der Waals surface area contributed by atoms with E-state index in [9.17, 15) is 9.59 Å². The Hall–Kier alpha value is -2.04. The minimum absolute atomic E-state index is 0.155. The second-order valence-corrected chi connectivity index (χ2v) is 4.56. The summed E-state index contributed by atoms with van der Waals surface area (Å²) < 4.78 is 10.1. The molecule has 0 heterocycles. The first-order valence-corrected chi connectivity index (χ1v) is 5.48. The lowest BCUT2D eigenvalue weighted by Crippen LogP contribution is -2.32. The topological polar surface area (TPSA) is 78.6 Å². The molecule has 18 heavy (non-hydrogen) atoms. The van der Waals surface area contributed by atoms with Crippen molar-refractivity contribution in [2.45, 2.75) is 13.8 Å². The van der Waals surface area contributed by atoms with E-state index in [1.807, 2.05) is 0 Å². The summed E-state index contributed by atoms with van der Waals surface area (Å²) in [5.41, 5.74) is 4.78. The van der Waals surface area contributed by atoms with Gasteiger partial charge in [-0.05, 0) is 32.0 Å². The van der Waals surface area contributed by atoms with Crippen LogP contribution in [0.15, 0.2) is 24.3 Å². The zero-order valence-corrected chi connectivity index (χ0v) is 10.7. The highest BCUT2D eigenvalue weighted by molar-refractivity contribution is 5.93. The number of amides is 1. The van der Waals surface area contributed by atoms with Crippen molar-refractivity contribution < 1.29 is 19.1 Å². The normalized spacial score (nSPS) is 10.8. The first kappa shape index (κ1) is 14.0. The van der Waals surface area contributed by atoms with Gasteiger partial charge in [-0.3, -0.25) is 9.59 Å². The molecule has 0 spiro atoms. The van der Waals surface area contributed by atoms with E-state index in [0.717, 1.165) is 0 Å². The van der Waals surface area contributed by atoms with Gasteiger partial charge in [0.05, 0.1) is 12.5 Å². The van der Waals surface area contributed by atoms with Crippen molar-refractivity contribution >= 4 is 11.9 Å². The van der Waals surface area contributed by atoms with Gasteiger partial charge in [0, 0.05) is 5.56 Å². The summed E-state index contributed by atoms with van der Waals surface area (Å²) in [7, 11) is 1.33. The van der Waals surface area contributed by atoms with Crippen LogP contribution in [-0.2, 0) is 9.53 Å². The summed E-state index contributed by atoms with van der Waals surface area (Å²) in [5, 5.41) is 0. The van der Waals surface area contributed by atoms with Gasteiger partial charge in [-0.1, -0.05) is 6.07 Å². The molecule has 5 nitrogen and oxygen atoms in total. The third kappa shape index (κ3) is 3.48. The molecule has 0 aliphatic carbocycles. The number of carbonyl (C=O) groups is 2. The number of ether oxygens (including phenoxy) is 2. The predicted octanol–water partition coefficient (Wildman–Crippen LogP) is 1.36. The number of rotatable bonds is 5. The summed E-state index contributed by atoms with van der Waals surface area (Å²) >= 11 is 0. The minimum atomic E-state index is -0.753. The van der Waals surface area contributed by atoms with Crippen LogP contribution >= 0.6 is 0 Å². The van der Waals surface area contributed by atoms with Gasteiger partial charge in [-0.15, -0.1) is 0 Å². The standard InChI is InChI=1S/C13H17NO4/c1-13(2,12(16)17-3)8-18-10-6-4-5-9(7-10)11(14)15/h4-7H,8H2,1-3H3,(H2,14,15). The van der Waals surface area contributed by atoms with Gasteiger partial charge in [-0.2, -0.15) is 0 Å². The number of esters is 1. The summed E-state index contributed by atoms with van der Waals surface area (Å²) in [6, 6.07) is 6.50. The van der Waals surface area contributed by atoms with Gasteiger partial charge in [-0.25, -0.2) is 0 Å². The molecule has 2 N–H and O–H groups in total. The molecule has 0 aliphatic rings. The molecule has 0 unspecified atom stereocenters. The van der Waals surface area contributed by atoms with Crippen LogP contribution in [0.3, 0.4) is 0 Å². The molecule has 0 saturated carbocycles. The van der Waals surface area contributed by atoms with Crippen LogP contribution in [0.5, 0.6) is 5.75 Å². The van der Waals surface area contributed by atoms with Crippen molar-refractivity contribution in [2.24, 2.45) is 11.1 Å². The number of methoxy groups -OCH3 is 1. The number of nitrogens with two attached hydrogens (primary N) is 1. The molecule has 1 rings (SSSR count). The molecule has 98 valence electrons. The maximum atomic E-state index is 11.5. The van der Waals surface area contributed by atoms with Crippen LogP contribution in [0.1, 0.15) is 24.2 Å². The quantitative estimate of drug-likeness (QED) is 0.801. The summed E-state index contributed by atoms with van der Waals surface area (Å²) in [6.07, 6.45) is 0. The zero-order chi connectivity index (χ0) is 13.8. The molecule has 0 radical (unpaired) electrons. The fourth-order valence-corrected chi connectivity index (χ4v) is 1.34. The SMILES string of the molecule is COC(=O)C(C)(C)COc1cccc(C(N)=O)c1. The minimum Gasteiger partial charge on any atom is -0.492 e. The number of hydrogen-bond donors (Lipinski definition) is 1. The molecule has 1 aromatic carbocycles. The van der Waals surface area contributed by atoms with Crippen molar-refractivity contribution in [2.75, 3.05) is 13.7 Å². The highest BCUT2D eigenvalue weighted by Gasteiger charge is 2.29. The van der Waals surface area contributed by atoms with Gasteiger partial charge in [0.25, 0.3) is 0 Å². The van der Waals surface area contributed by atoms with E-state index in [0.29, 0.717) is 11.3 Å². The largest absolute Gasteiger partial charge is 0.492 e. The van der Waals surface area contributed by atoms with Crippen LogP contribution in [0.25, 0.3) is 0 Å². The van der Waals surface area contributed by atoms with Crippen molar-refractivity contribution in [3.05, 3.63) is 29.8 Å². The molecule has 0 saturated heterocycles. The molecular weight excluding hydrogens is 234 g/mol. The van der Waals surface area contributed by atoms with E-state index < -0.39 is 11.3 Å². The predicted molar refractivity (Wildman–Crippen MR) is 66.3 cm³/mol. The third-order valence-corrected chi connectivity index (χ3v) is 2.46. The number of benzene rings is 1. The molecule has 1 aromatic rings. The average Bonchev–Trinajstić information content (AvgIpc) is 2.35. The van der Waals surface area contributed by atoms with E-state index >= 15 is 0 Å². The lowest BCUT2D eigenvalue weighted by atomic mass is 9.95. The summed E-state index contributed by atoms with van der Waals surface area (Å²) in [5.74, 6) is -0.385. The van der Waals surface area contributed by atoms with E-state index in [2.05, 4.69) is 4.74 Å². The average molecular weight is 251 g/mol. The molecule has 0 atom stereocenters. The van der Waals surface area contributed by atoms with Crippen molar-refractivity contribution in [3.8, 4) is 5.75 Å². The van der Waals surface area contributed by atoms with Crippen molar-refractivity contribution in [1.29, 1.82) is 0 Å². The van der Waals surface area contributed by atoms with Crippen LogP contribution in [0.2, 0.25) is 0 Å². The van der Waals surface area contributed by atoms with E-state index in [4.69, 9.17) is 10.5 Å². The molecule has 0 bridgehead atoms. The fraction of sp³-hybridized carbons (Fsp3) is 0.385. The lowest BCUT2D eigenvalue weighted by molar-refractivity contribution is -0.152. The highest BCUT2D eigenvalue weighted by Crippen LogP contribution is 2.20. The van der Waals surface area contributed by atoms with Crippen LogP contribution in [0.4, 0.5) is 0 Å². The van der Waals surface area contributed by atoms with Gasteiger partial charge >= 0.3 is 5.97 Å². The van der Waals surface area contributed by atoms with E-state index in [1.165, 1.54) is 13.2 Å². The van der Waals surface area contributed by atoms with Crippen LogP contribution in [-0.4, -0.2) is 25.6 Å². The Morgan fingerprint density at radius 2 is 2.00 bits per heavy atom. The molecule has 5 heteroatoms. The van der Waals surface area contributed by atoms with E-state index in [-0.39, 0.29) is 12.6 Å².